The number of hydrazine groups is 1. The summed E-state index contributed by atoms with van der Waals surface area (Å²) in [5, 5.41) is 38.2. The number of rotatable bonds is 8. The molecule has 18 heteroatoms. The van der Waals surface area contributed by atoms with Crippen LogP contribution < -0.4 is 41.9 Å². The number of hydrogen-bond acceptors (Lipinski definition) is 15. The van der Waals surface area contributed by atoms with Crippen molar-refractivity contribution >= 4 is 45.6 Å². The molecule has 6 N–H and O–H groups in total. The number of amides is 3. The third-order valence-electron chi connectivity index (χ3n) is 16.8. The number of aromatic nitrogens is 2. The van der Waals surface area contributed by atoms with Crippen LogP contribution in [0.5, 0.6) is 0 Å². The lowest BCUT2D eigenvalue weighted by Gasteiger charge is -2.47. The van der Waals surface area contributed by atoms with Crippen molar-refractivity contribution in [1.29, 1.82) is 0 Å². The monoisotopic (exact) mass is 946 g/mol. The van der Waals surface area contributed by atoms with E-state index in [1.807, 2.05) is 24.1 Å². The van der Waals surface area contributed by atoms with Crippen LogP contribution >= 0.6 is 0 Å². The molecule has 18 nitrogen and oxygen atoms in total. The topological polar surface area (TPSA) is 186 Å². The van der Waals surface area contributed by atoms with E-state index in [1.165, 1.54) is 23.2 Å². The number of benzene rings is 2. The molecule has 0 radical (unpaired) electrons. The van der Waals surface area contributed by atoms with Crippen molar-refractivity contribution < 1.29 is 19.5 Å². The van der Waals surface area contributed by atoms with Crippen molar-refractivity contribution in [2.24, 2.45) is 11.8 Å². The Kier molecular flexibility index (Phi) is 13.2. The average Bonchev–Trinajstić information content (AvgIpc) is 3.64. The fraction of sp³-hybridized carbons (Fsp3) is 0.627. The normalized spacial score (nSPS) is 32.1. The minimum absolute atomic E-state index is 0.0175. The Morgan fingerprint density at radius 2 is 1.59 bits per heavy atom. The number of nitrogens with one attached hydrogen (secondary N) is 5. The predicted octanol–water partition coefficient (Wildman–Crippen LogP) is 2.34. The molecule has 370 valence electrons. The molecule has 8 aliphatic rings. The Balaban J connectivity index is 0.622. The first-order chi connectivity index (χ1) is 33.5. The Labute approximate surface area is 404 Å². The summed E-state index contributed by atoms with van der Waals surface area (Å²) in [7, 11) is 0. The van der Waals surface area contributed by atoms with Crippen molar-refractivity contribution in [3.05, 3.63) is 71.2 Å². The van der Waals surface area contributed by atoms with Gasteiger partial charge in [-0.25, -0.2) is 4.68 Å². The van der Waals surface area contributed by atoms with Crippen LogP contribution in [0.2, 0.25) is 0 Å². The highest BCUT2D eigenvalue weighted by atomic mass is 16.3. The third-order valence-corrected chi connectivity index (χ3v) is 16.8. The summed E-state index contributed by atoms with van der Waals surface area (Å²) < 4.78 is 1.24. The lowest BCUT2D eigenvalue weighted by atomic mass is 9.85. The van der Waals surface area contributed by atoms with Crippen LogP contribution in [0.25, 0.3) is 10.8 Å². The molecular formula is C51H71N13O5. The van der Waals surface area contributed by atoms with Crippen LogP contribution in [0.3, 0.4) is 0 Å². The smallest absolute Gasteiger partial charge is 0.275 e. The first kappa shape index (κ1) is 46.4. The van der Waals surface area contributed by atoms with Gasteiger partial charge in [0.25, 0.3) is 11.5 Å². The lowest BCUT2D eigenvalue weighted by Crippen LogP contribution is -2.69. The van der Waals surface area contributed by atoms with E-state index in [1.54, 1.807) is 6.20 Å². The molecule has 0 spiro atoms. The number of fused-ring (bicyclic) bond motifs is 7. The van der Waals surface area contributed by atoms with Crippen LogP contribution in [0.4, 0.5) is 17.1 Å². The van der Waals surface area contributed by atoms with Crippen LogP contribution in [0.15, 0.2) is 65.6 Å². The molecule has 7 saturated heterocycles. The number of carbonyl (C=O) groups excluding carboxylic acids is 3. The van der Waals surface area contributed by atoms with Crippen LogP contribution in [0.1, 0.15) is 83.6 Å². The SMILES string of the molecule is C[C@@]1(O)CC/C=C\CN2C(=O)C3CNC(Nc4ccc(N5CCN(C6CCN(CC7CCN(c8ccc9cnn(C%10CCC(=O)NC%10=O)c(=O)c9c8)CC7)CC6)CC5)cc4)NC3N2C2CCCC1N2. The minimum atomic E-state index is -0.806. The Hall–Kier alpha value is -4.95. The van der Waals surface area contributed by atoms with Crippen molar-refractivity contribution in [1.82, 2.24) is 50.9 Å². The van der Waals surface area contributed by atoms with Gasteiger partial charge in [0.2, 0.25) is 11.8 Å². The zero-order valence-electron chi connectivity index (χ0n) is 40.1. The third kappa shape index (κ3) is 9.65. The summed E-state index contributed by atoms with van der Waals surface area (Å²) in [6.45, 7) is 12.6. The van der Waals surface area contributed by atoms with Crippen LogP contribution in [0, 0.1) is 11.8 Å². The van der Waals surface area contributed by atoms with Gasteiger partial charge in [-0.1, -0.05) is 18.2 Å². The second-order valence-corrected chi connectivity index (χ2v) is 21.2. The van der Waals surface area contributed by atoms with E-state index in [2.05, 4.69) is 98.8 Å². The highest BCUT2D eigenvalue weighted by Crippen LogP contribution is 2.35. The number of piperazine rings is 1. The summed E-state index contributed by atoms with van der Waals surface area (Å²) in [6, 6.07) is 14.6. The number of hydrogen-bond donors (Lipinski definition) is 6. The van der Waals surface area contributed by atoms with E-state index in [9.17, 15) is 24.3 Å². The lowest BCUT2D eigenvalue weighted by molar-refractivity contribution is -0.146. The Morgan fingerprint density at radius 3 is 2.38 bits per heavy atom. The first-order valence-corrected chi connectivity index (χ1v) is 26.0. The molecule has 2 bridgehead atoms. The highest BCUT2D eigenvalue weighted by Gasteiger charge is 2.53. The quantitative estimate of drug-likeness (QED) is 0.143. The number of imide groups is 1. The molecule has 2 aromatic carbocycles. The fourth-order valence-corrected chi connectivity index (χ4v) is 12.7. The molecule has 9 heterocycles. The molecule has 69 heavy (non-hydrogen) atoms. The molecule has 6 unspecified atom stereocenters. The number of anilines is 3. The number of allylic oxidation sites excluding steroid dienone is 1. The van der Waals surface area contributed by atoms with Gasteiger partial charge in [-0.15, -0.1) is 0 Å². The van der Waals surface area contributed by atoms with E-state index in [0.29, 0.717) is 36.9 Å². The molecule has 8 aliphatic heterocycles. The molecule has 7 atom stereocenters. The maximum atomic E-state index is 13.8. The molecule has 3 amide bonds. The summed E-state index contributed by atoms with van der Waals surface area (Å²) in [4.78, 5) is 61.8. The highest BCUT2D eigenvalue weighted by molar-refractivity contribution is 5.99. The fourth-order valence-electron chi connectivity index (χ4n) is 12.7. The van der Waals surface area contributed by atoms with Gasteiger partial charge < -0.3 is 25.1 Å². The number of nitrogens with zero attached hydrogens (tertiary/aromatic N) is 8. The van der Waals surface area contributed by atoms with Crippen molar-refractivity contribution in [2.45, 2.75) is 120 Å². The van der Waals surface area contributed by atoms with E-state index < -0.39 is 17.6 Å². The van der Waals surface area contributed by atoms with E-state index in [0.717, 1.165) is 114 Å². The van der Waals surface area contributed by atoms with Gasteiger partial charge in [-0.05, 0) is 127 Å². The van der Waals surface area contributed by atoms with Gasteiger partial charge in [0.05, 0.1) is 42.0 Å². The number of carbonyl (C=O) groups is 3. The number of piperidine rings is 4. The number of aliphatic hydroxyl groups is 1. The standard InChI is InChI=1S/C51H71N13O5/c1-51(69)20-3-2-4-21-62-48(67)41-32-52-50(57-46(41)64(62)44-7-5-6-43(51)55-44)54-36-9-12-37(13-10-36)60-26-28-61(29-27-60)38-18-22-58(23-19-38)33-34-16-24-59(25-17-34)39-11-8-35-31-53-63(49(68)40(35)30-39)42-14-15-45(65)56-47(42)66/h2,4,8-13,30-31,34,38,41-44,46,50,52,54-55,57,69H,3,5-7,14-29,32-33H2,1H3,(H,56,65,66)/b4-2-/t41?,42?,43?,44?,46?,50?,51-/m1/s1. The maximum Gasteiger partial charge on any atom is 0.275 e. The van der Waals surface area contributed by atoms with Crippen LogP contribution in [-0.2, 0) is 14.4 Å². The first-order valence-electron chi connectivity index (χ1n) is 26.0. The zero-order chi connectivity index (χ0) is 47.2. The minimum Gasteiger partial charge on any atom is -0.389 e. The van der Waals surface area contributed by atoms with Crippen LogP contribution in [-0.4, -0.2) is 161 Å². The van der Waals surface area contributed by atoms with Gasteiger partial charge in [-0.3, -0.25) is 50.4 Å². The van der Waals surface area contributed by atoms with Gasteiger partial charge in [-0.2, -0.15) is 10.1 Å². The van der Waals surface area contributed by atoms with Gasteiger partial charge in [0, 0.05) is 93.3 Å². The van der Waals surface area contributed by atoms with Crippen molar-refractivity contribution in [3.8, 4) is 0 Å². The molecule has 3 aromatic rings. The molecular weight excluding hydrogens is 875 g/mol. The van der Waals surface area contributed by atoms with Gasteiger partial charge in [0.15, 0.2) is 0 Å². The predicted molar refractivity (Wildman–Crippen MR) is 265 cm³/mol. The van der Waals surface area contributed by atoms with Crippen molar-refractivity contribution in [3.63, 3.8) is 0 Å². The summed E-state index contributed by atoms with van der Waals surface area (Å²) in [6.07, 6.45) is 14.9. The van der Waals surface area contributed by atoms with E-state index >= 15 is 0 Å². The largest absolute Gasteiger partial charge is 0.389 e. The number of likely N-dealkylation sites (tertiary alicyclic amines) is 1. The van der Waals surface area contributed by atoms with Crippen molar-refractivity contribution in [2.75, 3.05) is 87.1 Å². The molecule has 11 rings (SSSR count). The molecule has 0 saturated carbocycles. The van der Waals surface area contributed by atoms with Gasteiger partial charge >= 0.3 is 0 Å². The summed E-state index contributed by atoms with van der Waals surface area (Å²) >= 11 is 0. The molecule has 7 fully saturated rings. The zero-order valence-corrected chi connectivity index (χ0v) is 40.1. The van der Waals surface area contributed by atoms with Gasteiger partial charge in [0.1, 0.15) is 12.3 Å². The Bertz CT molecular complexity index is 2440. The molecule has 0 aliphatic carbocycles. The average molecular weight is 946 g/mol. The van der Waals surface area contributed by atoms with E-state index in [-0.39, 0.29) is 60.8 Å². The summed E-state index contributed by atoms with van der Waals surface area (Å²) in [5.74, 6) is -0.183. The Morgan fingerprint density at radius 1 is 0.826 bits per heavy atom. The second kappa shape index (κ2) is 19.7. The summed E-state index contributed by atoms with van der Waals surface area (Å²) in [5.41, 5.74) is 2.20. The second-order valence-electron chi connectivity index (χ2n) is 21.2. The maximum absolute atomic E-state index is 13.8. The molecule has 1 aromatic heterocycles. The van der Waals surface area contributed by atoms with E-state index in [4.69, 9.17) is 0 Å².